The highest BCUT2D eigenvalue weighted by atomic mass is 16.5. The van der Waals surface area contributed by atoms with Crippen molar-refractivity contribution in [1.29, 1.82) is 0 Å². The summed E-state index contributed by atoms with van der Waals surface area (Å²) in [5.41, 5.74) is 0. The molecule has 0 atom stereocenters. The number of ketones is 1. The van der Waals surface area contributed by atoms with Crippen molar-refractivity contribution in [3.8, 4) is 0 Å². The van der Waals surface area contributed by atoms with Crippen LogP contribution in [0.5, 0.6) is 0 Å². The first-order chi connectivity index (χ1) is 11.1. The third-order valence-corrected chi connectivity index (χ3v) is 2.78. The second-order valence-electron chi connectivity index (χ2n) is 5.30. The van der Waals surface area contributed by atoms with E-state index >= 15 is 0 Å². The van der Waals surface area contributed by atoms with Crippen molar-refractivity contribution in [2.45, 2.75) is 27.2 Å². The molecule has 0 saturated carbocycles. The minimum atomic E-state index is -0.178. The summed E-state index contributed by atoms with van der Waals surface area (Å²) >= 11 is 0. The third-order valence-electron chi connectivity index (χ3n) is 2.78. The molecule has 1 N–H and O–H groups in total. The van der Waals surface area contributed by atoms with E-state index in [4.69, 9.17) is 18.9 Å². The monoisotopic (exact) mass is 333 g/mol. The van der Waals surface area contributed by atoms with Crippen LogP contribution in [0.1, 0.15) is 27.2 Å². The molecule has 0 radical (unpaired) electrons. The smallest absolute Gasteiger partial charge is 0.246 e. The second-order valence-corrected chi connectivity index (χ2v) is 5.30. The average Bonchev–Trinajstić information content (AvgIpc) is 2.52. The molecule has 0 aliphatic carbocycles. The molecule has 0 aromatic rings. The van der Waals surface area contributed by atoms with Crippen molar-refractivity contribution in [2.24, 2.45) is 5.92 Å². The van der Waals surface area contributed by atoms with Crippen LogP contribution in [-0.2, 0) is 28.5 Å². The van der Waals surface area contributed by atoms with Crippen LogP contribution < -0.4 is 5.32 Å². The Morgan fingerprint density at radius 3 is 2.00 bits per heavy atom. The zero-order valence-electron chi connectivity index (χ0n) is 14.6. The van der Waals surface area contributed by atoms with Gasteiger partial charge in [0.15, 0.2) is 5.78 Å². The fraction of sp³-hybridized carbons (Fsp3) is 0.875. The zero-order valence-corrected chi connectivity index (χ0v) is 14.6. The molecular formula is C16H31NO6. The summed E-state index contributed by atoms with van der Waals surface area (Å²) in [6.45, 7) is 9.06. The number of carbonyl (C=O) groups excluding carboxylic acids is 2. The topological polar surface area (TPSA) is 83.1 Å². The lowest BCUT2D eigenvalue weighted by Crippen LogP contribution is -2.31. The molecule has 0 aliphatic heterocycles. The highest BCUT2D eigenvalue weighted by molar-refractivity contribution is 5.81. The van der Waals surface area contributed by atoms with Gasteiger partial charge in [0.2, 0.25) is 5.91 Å². The fourth-order valence-electron chi connectivity index (χ4n) is 1.40. The zero-order chi connectivity index (χ0) is 17.3. The SMILES string of the molecule is CCCOCCOCC(=O)NCCOCCOCC(=O)C(C)C. The number of Topliss-reactive ketones (excluding diaryl/α,β-unsaturated/α-hetero) is 1. The third kappa shape index (κ3) is 15.6. The van der Waals surface area contributed by atoms with Gasteiger partial charge in [0.1, 0.15) is 13.2 Å². The first-order valence-electron chi connectivity index (χ1n) is 8.18. The molecule has 0 fully saturated rings. The number of amides is 1. The second kappa shape index (κ2) is 15.9. The van der Waals surface area contributed by atoms with Crippen molar-refractivity contribution in [3.63, 3.8) is 0 Å². The van der Waals surface area contributed by atoms with Crippen molar-refractivity contribution < 1.29 is 28.5 Å². The molecule has 1 amide bonds. The number of rotatable bonds is 16. The fourth-order valence-corrected chi connectivity index (χ4v) is 1.40. The van der Waals surface area contributed by atoms with Gasteiger partial charge in [-0.15, -0.1) is 0 Å². The summed E-state index contributed by atoms with van der Waals surface area (Å²) in [6, 6.07) is 0. The van der Waals surface area contributed by atoms with Crippen molar-refractivity contribution in [2.75, 3.05) is 59.4 Å². The van der Waals surface area contributed by atoms with E-state index in [1.807, 2.05) is 20.8 Å². The predicted molar refractivity (Wildman–Crippen MR) is 86.4 cm³/mol. The van der Waals surface area contributed by atoms with Crippen LogP contribution in [0.25, 0.3) is 0 Å². The molecule has 0 aliphatic rings. The summed E-state index contributed by atoms with van der Waals surface area (Å²) in [5.74, 6) is -0.105. The van der Waals surface area contributed by atoms with E-state index in [1.54, 1.807) is 0 Å². The lowest BCUT2D eigenvalue weighted by Gasteiger charge is -2.08. The van der Waals surface area contributed by atoms with Crippen LogP contribution in [0, 0.1) is 5.92 Å². The summed E-state index contributed by atoms with van der Waals surface area (Å²) in [5, 5.41) is 2.68. The summed E-state index contributed by atoms with van der Waals surface area (Å²) in [4.78, 5) is 22.7. The number of hydrogen-bond acceptors (Lipinski definition) is 6. The molecule has 0 aromatic heterocycles. The Labute approximate surface area is 139 Å². The van der Waals surface area contributed by atoms with Crippen LogP contribution in [0.4, 0.5) is 0 Å². The average molecular weight is 333 g/mol. The number of carbonyl (C=O) groups is 2. The minimum Gasteiger partial charge on any atom is -0.379 e. The maximum Gasteiger partial charge on any atom is 0.246 e. The van der Waals surface area contributed by atoms with Gasteiger partial charge in [0, 0.05) is 19.1 Å². The van der Waals surface area contributed by atoms with E-state index in [1.165, 1.54) is 0 Å². The van der Waals surface area contributed by atoms with E-state index in [0.29, 0.717) is 46.2 Å². The molecule has 7 nitrogen and oxygen atoms in total. The van der Waals surface area contributed by atoms with E-state index in [-0.39, 0.29) is 30.8 Å². The highest BCUT2D eigenvalue weighted by Crippen LogP contribution is 1.94. The van der Waals surface area contributed by atoms with Crippen LogP contribution in [0.2, 0.25) is 0 Å². The quantitative estimate of drug-likeness (QED) is 0.421. The lowest BCUT2D eigenvalue weighted by molar-refractivity contribution is -0.128. The Kier molecular flexibility index (Phi) is 15.2. The molecule has 7 heteroatoms. The first-order valence-corrected chi connectivity index (χ1v) is 8.18. The van der Waals surface area contributed by atoms with Gasteiger partial charge in [-0.1, -0.05) is 20.8 Å². The summed E-state index contributed by atoms with van der Waals surface area (Å²) < 4.78 is 20.9. The van der Waals surface area contributed by atoms with Crippen LogP contribution in [0.15, 0.2) is 0 Å². The predicted octanol–water partition coefficient (Wildman–Crippen LogP) is 0.804. The highest BCUT2D eigenvalue weighted by Gasteiger charge is 2.06. The van der Waals surface area contributed by atoms with Gasteiger partial charge in [-0.3, -0.25) is 9.59 Å². The Bertz CT molecular complexity index is 309. The normalized spacial score (nSPS) is 11.0. The van der Waals surface area contributed by atoms with Gasteiger partial charge in [-0.2, -0.15) is 0 Å². The first kappa shape index (κ1) is 22.0. The molecule has 0 saturated heterocycles. The van der Waals surface area contributed by atoms with Crippen molar-refractivity contribution >= 4 is 11.7 Å². The molecule has 136 valence electrons. The Hall–Kier alpha value is -1.02. The number of hydrogen-bond donors (Lipinski definition) is 1. The molecule has 0 heterocycles. The molecule has 0 rings (SSSR count). The van der Waals surface area contributed by atoms with Gasteiger partial charge in [0.05, 0.1) is 33.0 Å². The van der Waals surface area contributed by atoms with Crippen LogP contribution in [-0.4, -0.2) is 71.1 Å². The summed E-state index contributed by atoms with van der Waals surface area (Å²) in [7, 11) is 0. The maximum atomic E-state index is 11.4. The van der Waals surface area contributed by atoms with Gasteiger partial charge in [-0.25, -0.2) is 0 Å². The Balaban J connectivity index is 3.25. The Morgan fingerprint density at radius 1 is 0.826 bits per heavy atom. The van der Waals surface area contributed by atoms with E-state index in [2.05, 4.69) is 5.32 Å². The number of nitrogens with one attached hydrogen (secondary N) is 1. The van der Waals surface area contributed by atoms with Crippen molar-refractivity contribution in [1.82, 2.24) is 5.32 Å². The Morgan fingerprint density at radius 2 is 1.39 bits per heavy atom. The molecule has 0 unspecified atom stereocenters. The number of ether oxygens (including phenoxy) is 4. The van der Waals surface area contributed by atoms with Crippen LogP contribution in [0.3, 0.4) is 0 Å². The van der Waals surface area contributed by atoms with E-state index < -0.39 is 0 Å². The molecular weight excluding hydrogens is 302 g/mol. The van der Waals surface area contributed by atoms with Crippen molar-refractivity contribution in [3.05, 3.63) is 0 Å². The maximum absolute atomic E-state index is 11.4. The van der Waals surface area contributed by atoms with E-state index in [9.17, 15) is 9.59 Å². The molecule has 23 heavy (non-hydrogen) atoms. The van der Waals surface area contributed by atoms with Crippen LogP contribution >= 0.6 is 0 Å². The largest absolute Gasteiger partial charge is 0.379 e. The lowest BCUT2D eigenvalue weighted by atomic mass is 10.1. The molecule has 0 spiro atoms. The minimum absolute atomic E-state index is 0.00782. The van der Waals surface area contributed by atoms with Gasteiger partial charge in [0.25, 0.3) is 0 Å². The molecule has 0 aromatic carbocycles. The standard InChI is InChI=1S/C16H31NO6/c1-4-6-20-8-11-23-13-16(19)17-5-7-21-9-10-22-12-15(18)14(2)3/h14H,4-13H2,1-3H3,(H,17,19). The summed E-state index contributed by atoms with van der Waals surface area (Å²) in [6.07, 6.45) is 0.972. The van der Waals surface area contributed by atoms with Gasteiger partial charge >= 0.3 is 0 Å². The van der Waals surface area contributed by atoms with Gasteiger partial charge < -0.3 is 24.3 Å². The van der Waals surface area contributed by atoms with Gasteiger partial charge in [-0.05, 0) is 6.42 Å². The van der Waals surface area contributed by atoms with E-state index in [0.717, 1.165) is 6.42 Å². The molecule has 0 bridgehead atoms.